The number of benzene rings is 1. The maximum atomic E-state index is 11.1. The van der Waals surface area contributed by atoms with Crippen LogP contribution in [0.15, 0.2) is 29.2 Å². The molecule has 0 saturated heterocycles. The smallest absolute Gasteiger partial charge is 0.192 e. The SMILES string of the molecule is O=S(=O)(CCl)c1ccc(O)cc1. The number of sulfone groups is 1. The molecule has 1 aromatic carbocycles. The summed E-state index contributed by atoms with van der Waals surface area (Å²) in [6.45, 7) is 0. The van der Waals surface area contributed by atoms with Gasteiger partial charge in [-0.2, -0.15) is 0 Å². The van der Waals surface area contributed by atoms with E-state index >= 15 is 0 Å². The van der Waals surface area contributed by atoms with Crippen molar-refractivity contribution in [3.05, 3.63) is 24.3 Å². The molecule has 0 amide bonds. The summed E-state index contributed by atoms with van der Waals surface area (Å²) in [6.07, 6.45) is 0. The van der Waals surface area contributed by atoms with Crippen LogP contribution in [0.25, 0.3) is 0 Å². The molecule has 5 heteroatoms. The second kappa shape index (κ2) is 3.33. The van der Waals surface area contributed by atoms with Crippen molar-refractivity contribution in [2.75, 3.05) is 5.21 Å². The minimum Gasteiger partial charge on any atom is -0.508 e. The molecule has 0 heterocycles. The number of hydrogen-bond acceptors (Lipinski definition) is 3. The molecule has 1 rings (SSSR count). The van der Waals surface area contributed by atoms with Crippen LogP contribution in [0.2, 0.25) is 0 Å². The van der Waals surface area contributed by atoms with Gasteiger partial charge in [0, 0.05) is 0 Å². The quantitative estimate of drug-likeness (QED) is 0.744. The van der Waals surface area contributed by atoms with Gasteiger partial charge in [-0.3, -0.25) is 0 Å². The number of hydrogen-bond donors (Lipinski definition) is 1. The lowest BCUT2D eigenvalue weighted by molar-refractivity contribution is 0.475. The lowest BCUT2D eigenvalue weighted by Crippen LogP contribution is -2.00. The van der Waals surface area contributed by atoms with Crippen LogP contribution in [-0.2, 0) is 9.84 Å². The van der Waals surface area contributed by atoms with Crippen molar-refractivity contribution in [3.63, 3.8) is 0 Å². The Labute approximate surface area is 75.5 Å². The molecule has 3 nitrogen and oxygen atoms in total. The lowest BCUT2D eigenvalue weighted by atomic mass is 10.3. The van der Waals surface area contributed by atoms with Crippen molar-refractivity contribution in [3.8, 4) is 5.75 Å². The molecule has 0 spiro atoms. The highest BCUT2D eigenvalue weighted by atomic mass is 35.5. The normalized spacial score (nSPS) is 11.4. The Hall–Kier alpha value is -0.740. The molecule has 1 N–H and O–H groups in total. The van der Waals surface area contributed by atoms with E-state index in [2.05, 4.69) is 0 Å². The van der Waals surface area contributed by atoms with Gasteiger partial charge in [0.25, 0.3) is 0 Å². The standard InChI is InChI=1S/C7H7ClO3S/c8-5-12(10,11)7-3-1-6(9)2-4-7/h1-4,9H,5H2. The summed E-state index contributed by atoms with van der Waals surface area (Å²) in [5.41, 5.74) is 0. The molecule has 66 valence electrons. The molecule has 12 heavy (non-hydrogen) atoms. The van der Waals surface area contributed by atoms with Gasteiger partial charge in [0.15, 0.2) is 9.84 Å². The van der Waals surface area contributed by atoms with Crippen LogP contribution in [0.3, 0.4) is 0 Å². The topological polar surface area (TPSA) is 54.4 Å². The second-order valence-electron chi connectivity index (χ2n) is 2.22. The minimum atomic E-state index is -3.36. The van der Waals surface area contributed by atoms with Gasteiger partial charge in [0.05, 0.1) is 4.90 Å². The molecule has 0 aliphatic carbocycles. The highest BCUT2D eigenvalue weighted by Gasteiger charge is 2.11. The zero-order chi connectivity index (χ0) is 9.19. The van der Waals surface area contributed by atoms with Gasteiger partial charge in [0.2, 0.25) is 0 Å². The fraction of sp³-hybridized carbons (Fsp3) is 0.143. The predicted molar refractivity (Wildman–Crippen MR) is 46.0 cm³/mol. The third-order valence-corrected chi connectivity index (χ3v) is 3.48. The van der Waals surface area contributed by atoms with Gasteiger partial charge in [-0.25, -0.2) is 8.42 Å². The van der Waals surface area contributed by atoms with Gasteiger partial charge < -0.3 is 5.11 Å². The third kappa shape index (κ3) is 1.89. The average molecular weight is 207 g/mol. The lowest BCUT2D eigenvalue weighted by Gasteiger charge is -1.98. The number of rotatable bonds is 2. The van der Waals surface area contributed by atoms with Crippen molar-refractivity contribution in [1.29, 1.82) is 0 Å². The Kier molecular flexibility index (Phi) is 2.59. The highest BCUT2D eigenvalue weighted by Crippen LogP contribution is 2.16. The molecule has 0 fully saturated rings. The zero-order valence-corrected chi connectivity index (χ0v) is 7.64. The summed E-state index contributed by atoms with van der Waals surface area (Å²) in [5, 5.41) is 8.42. The van der Waals surface area contributed by atoms with E-state index in [0.29, 0.717) is 0 Å². The summed E-state index contributed by atoms with van der Waals surface area (Å²) in [5.74, 6) is 0.0310. The Morgan fingerprint density at radius 1 is 1.25 bits per heavy atom. The fourth-order valence-electron chi connectivity index (χ4n) is 0.716. The van der Waals surface area contributed by atoms with E-state index in [1.807, 2.05) is 0 Å². The van der Waals surface area contributed by atoms with E-state index in [1.165, 1.54) is 24.3 Å². The van der Waals surface area contributed by atoms with E-state index in [9.17, 15) is 8.42 Å². The monoisotopic (exact) mass is 206 g/mol. The van der Waals surface area contributed by atoms with E-state index < -0.39 is 15.0 Å². The highest BCUT2D eigenvalue weighted by molar-refractivity contribution is 7.92. The molecule has 0 saturated carbocycles. The van der Waals surface area contributed by atoms with Gasteiger partial charge >= 0.3 is 0 Å². The van der Waals surface area contributed by atoms with Crippen molar-refractivity contribution in [2.24, 2.45) is 0 Å². The average Bonchev–Trinajstić information content (AvgIpc) is 2.05. The maximum Gasteiger partial charge on any atom is 0.192 e. The number of phenolic OH excluding ortho intramolecular Hbond substituents is 1. The van der Waals surface area contributed by atoms with Crippen molar-refractivity contribution in [1.82, 2.24) is 0 Å². The fourth-order valence-corrected chi connectivity index (χ4v) is 1.77. The largest absolute Gasteiger partial charge is 0.508 e. The van der Waals surface area contributed by atoms with Gasteiger partial charge in [-0.05, 0) is 24.3 Å². The van der Waals surface area contributed by atoms with Crippen molar-refractivity contribution < 1.29 is 13.5 Å². The maximum absolute atomic E-state index is 11.1. The van der Waals surface area contributed by atoms with E-state index in [1.54, 1.807) is 0 Å². The van der Waals surface area contributed by atoms with E-state index in [-0.39, 0.29) is 10.6 Å². The summed E-state index contributed by atoms with van der Waals surface area (Å²) in [4.78, 5) is 0.121. The first-order chi connectivity index (χ1) is 5.56. The molecule has 0 aromatic heterocycles. The van der Waals surface area contributed by atoms with Crippen LogP contribution in [-0.4, -0.2) is 18.7 Å². The Bertz CT molecular complexity index is 355. The number of phenols is 1. The molecule has 0 aliphatic rings. The molecule has 0 bridgehead atoms. The van der Waals surface area contributed by atoms with Crippen LogP contribution in [0.5, 0.6) is 5.75 Å². The summed E-state index contributed by atoms with van der Waals surface area (Å²) in [6, 6.07) is 5.24. The summed E-state index contributed by atoms with van der Waals surface area (Å²) in [7, 11) is -3.36. The first-order valence-electron chi connectivity index (χ1n) is 3.14. The zero-order valence-electron chi connectivity index (χ0n) is 6.07. The molecule has 0 radical (unpaired) electrons. The molecule has 1 aromatic rings. The molecule has 0 unspecified atom stereocenters. The van der Waals surface area contributed by atoms with E-state index in [0.717, 1.165) is 0 Å². The Morgan fingerprint density at radius 3 is 2.17 bits per heavy atom. The number of halogens is 1. The number of aromatic hydroxyl groups is 1. The molecule has 0 atom stereocenters. The van der Waals surface area contributed by atoms with E-state index in [4.69, 9.17) is 16.7 Å². The third-order valence-electron chi connectivity index (χ3n) is 1.34. The summed E-state index contributed by atoms with van der Waals surface area (Å²) >= 11 is 5.22. The van der Waals surface area contributed by atoms with Gasteiger partial charge in [0.1, 0.15) is 11.0 Å². The van der Waals surface area contributed by atoms with Crippen LogP contribution < -0.4 is 0 Å². The molecular formula is C7H7ClO3S. The number of alkyl halides is 1. The predicted octanol–water partition coefficient (Wildman–Crippen LogP) is 1.36. The summed E-state index contributed by atoms with van der Waals surface area (Å²) < 4.78 is 22.2. The van der Waals surface area contributed by atoms with Crippen LogP contribution in [0.1, 0.15) is 0 Å². The van der Waals surface area contributed by atoms with Crippen LogP contribution in [0.4, 0.5) is 0 Å². The van der Waals surface area contributed by atoms with Crippen molar-refractivity contribution in [2.45, 2.75) is 4.90 Å². The molecular weight excluding hydrogens is 200 g/mol. The minimum absolute atomic E-state index is 0.0310. The second-order valence-corrected chi connectivity index (χ2v) is 4.79. The molecule has 0 aliphatic heterocycles. The van der Waals surface area contributed by atoms with Crippen LogP contribution >= 0.6 is 11.6 Å². The van der Waals surface area contributed by atoms with Gasteiger partial charge in [-0.1, -0.05) is 0 Å². The first kappa shape index (κ1) is 9.35. The first-order valence-corrected chi connectivity index (χ1v) is 5.33. The van der Waals surface area contributed by atoms with Gasteiger partial charge in [-0.15, -0.1) is 11.6 Å². The Morgan fingerprint density at radius 2 is 1.75 bits per heavy atom. The van der Waals surface area contributed by atoms with Crippen LogP contribution in [0, 0.1) is 0 Å². The Balaban J connectivity index is 3.14. The van der Waals surface area contributed by atoms with Crippen molar-refractivity contribution >= 4 is 21.4 Å².